The lowest BCUT2D eigenvalue weighted by atomic mass is 9.97. The maximum Gasteiger partial charge on any atom is 0.214 e. The van der Waals surface area contributed by atoms with Crippen LogP contribution < -0.4 is 0 Å². The van der Waals surface area contributed by atoms with Crippen LogP contribution in [0.15, 0.2) is 24.3 Å². The van der Waals surface area contributed by atoms with Gasteiger partial charge in [-0.1, -0.05) is 18.2 Å². The minimum atomic E-state index is -3.32. The summed E-state index contributed by atoms with van der Waals surface area (Å²) in [4.78, 5) is 2.41. The highest BCUT2D eigenvalue weighted by atomic mass is 32.2. The molecule has 0 spiro atoms. The van der Waals surface area contributed by atoms with E-state index in [-0.39, 0.29) is 18.0 Å². The normalized spacial score (nSPS) is 21.5. The van der Waals surface area contributed by atoms with Crippen LogP contribution in [0.3, 0.4) is 0 Å². The molecule has 3 rings (SSSR count). The Bertz CT molecular complexity index is 654. The summed E-state index contributed by atoms with van der Waals surface area (Å²) < 4.78 is 45.7. The van der Waals surface area contributed by atoms with Crippen molar-refractivity contribution >= 4 is 10.0 Å². The topological polar surface area (TPSA) is 49.9 Å². The molecule has 2 heterocycles. The van der Waals surface area contributed by atoms with E-state index >= 15 is 0 Å². The first kappa shape index (κ1) is 18.8. The SMILES string of the molecule is O=S(=O)(CCc1ccccc1F)N1CCC(CN2CCOCC2)CC1. The molecule has 0 atom stereocenters. The van der Waals surface area contributed by atoms with E-state index < -0.39 is 10.0 Å². The van der Waals surface area contributed by atoms with Crippen LogP contribution in [0.2, 0.25) is 0 Å². The fraction of sp³-hybridized carbons (Fsp3) is 0.667. The Morgan fingerprint density at radius 1 is 1.08 bits per heavy atom. The Balaban J connectivity index is 1.47. The number of sulfonamides is 1. The first-order valence-electron chi connectivity index (χ1n) is 9.06. The molecule has 2 fully saturated rings. The third-order valence-electron chi connectivity index (χ3n) is 5.17. The molecule has 2 aliphatic heterocycles. The van der Waals surface area contributed by atoms with Crippen LogP contribution in [0.25, 0.3) is 0 Å². The van der Waals surface area contributed by atoms with Crippen molar-refractivity contribution in [2.45, 2.75) is 19.3 Å². The Hall–Kier alpha value is -1.02. The fourth-order valence-electron chi connectivity index (χ4n) is 3.59. The summed E-state index contributed by atoms with van der Waals surface area (Å²) in [6, 6.07) is 6.38. The molecule has 140 valence electrons. The van der Waals surface area contributed by atoms with Gasteiger partial charge < -0.3 is 4.74 Å². The monoisotopic (exact) mass is 370 g/mol. The van der Waals surface area contributed by atoms with Crippen molar-refractivity contribution in [3.8, 4) is 0 Å². The summed E-state index contributed by atoms with van der Waals surface area (Å²) in [5.41, 5.74) is 0.466. The van der Waals surface area contributed by atoms with E-state index in [4.69, 9.17) is 4.74 Å². The van der Waals surface area contributed by atoms with E-state index in [0.29, 0.717) is 24.6 Å². The van der Waals surface area contributed by atoms with E-state index in [1.165, 1.54) is 6.07 Å². The zero-order chi connectivity index (χ0) is 17.7. The van der Waals surface area contributed by atoms with Gasteiger partial charge in [0.2, 0.25) is 10.0 Å². The molecule has 7 heteroatoms. The largest absolute Gasteiger partial charge is 0.379 e. The molecule has 2 saturated heterocycles. The smallest absolute Gasteiger partial charge is 0.214 e. The van der Waals surface area contributed by atoms with Crippen molar-refractivity contribution < 1.29 is 17.5 Å². The molecule has 1 aromatic rings. The lowest BCUT2D eigenvalue weighted by molar-refractivity contribution is 0.0269. The van der Waals surface area contributed by atoms with Crippen molar-refractivity contribution in [1.82, 2.24) is 9.21 Å². The van der Waals surface area contributed by atoms with Gasteiger partial charge in [0, 0.05) is 32.7 Å². The molecule has 0 aromatic heterocycles. The number of halogens is 1. The number of piperidine rings is 1. The number of aryl methyl sites for hydroxylation is 1. The minimum Gasteiger partial charge on any atom is -0.379 e. The first-order chi connectivity index (χ1) is 12.0. The molecule has 0 bridgehead atoms. The van der Waals surface area contributed by atoms with E-state index in [9.17, 15) is 12.8 Å². The van der Waals surface area contributed by atoms with Gasteiger partial charge in [0.1, 0.15) is 5.82 Å². The standard InChI is InChI=1S/C18H27FN2O3S/c19-18-4-2-1-3-17(18)7-14-25(22,23)21-8-5-16(6-9-21)15-20-10-12-24-13-11-20/h1-4,16H,5-15H2. The second-order valence-electron chi connectivity index (χ2n) is 6.91. The lowest BCUT2D eigenvalue weighted by Gasteiger charge is -2.35. The second kappa shape index (κ2) is 8.58. The molecule has 0 N–H and O–H groups in total. The molecule has 2 aliphatic rings. The first-order valence-corrected chi connectivity index (χ1v) is 10.7. The van der Waals surface area contributed by atoms with Crippen LogP contribution >= 0.6 is 0 Å². The number of morpholine rings is 1. The Morgan fingerprint density at radius 3 is 2.44 bits per heavy atom. The summed E-state index contributed by atoms with van der Waals surface area (Å²) in [6.45, 7) is 5.73. The zero-order valence-corrected chi connectivity index (χ0v) is 15.4. The summed E-state index contributed by atoms with van der Waals surface area (Å²) in [5.74, 6) is 0.195. The van der Waals surface area contributed by atoms with Gasteiger partial charge >= 0.3 is 0 Å². The minimum absolute atomic E-state index is 0.0257. The quantitative estimate of drug-likeness (QED) is 0.765. The molecule has 1 aromatic carbocycles. The fourth-order valence-corrected chi connectivity index (χ4v) is 5.09. The van der Waals surface area contributed by atoms with Crippen molar-refractivity contribution in [2.75, 3.05) is 51.7 Å². The number of benzene rings is 1. The highest BCUT2D eigenvalue weighted by molar-refractivity contribution is 7.89. The average Bonchev–Trinajstić information content (AvgIpc) is 2.62. The van der Waals surface area contributed by atoms with E-state index in [0.717, 1.165) is 45.7 Å². The van der Waals surface area contributed by atoms with Crippen molar-refractivity contribution in [2.24, 2.45) is 5.92 Å². The predicted octanol–water partition coefficient (Wildman–Crippen LogP) is 1.74. The van der Waals surface area contributed by atoms with E-state index in [1.54, 1.807) is 22.5 Å². The molecule has 0 unspecified atom stereocenters. The molecule has 0 radical (unpaired) electrons. The van der Waals surface area contributed by atoms with Gasteiger partial charge in [-0.05, 0) is 36.8 Å². The maximum atomic E-state index is 13.7. The number of ether oxygens (including phenoxy) is 1. The van der Waals surface area contributed by atoms with Gasteiger partial charge in [-0.15, -0.1) is 0 Å². The van der Waals surface area contributed by atoms with Gasteiger partial charge in [0.15, 0.2) is 0 Å². The number of nitrogens with zero attached hydrogens (tertiary/aromatic N) is 2. The van der Waals surface area contributed by atoms with Crippen LogP contribution in [-0.4, -0.2) is 69.3 Å². The van der Waals surface area contributed by atoms with Gasteiger partial charge in [-0.25, -0.2) is 17.1 Å². The average molecular weight is 370 g/mol. The van der Waals surface area contributed by atoms with Gasteiger partial charge in [-0.3, -0.25) is 4.90 Å². The van der Waals surface area contributed by atoms with Crippen LogP contribution in [-0.2, 0) is 21.2 Å². The molecular formula is C18H27FN2O3S. The van der Waals surface area contributed by atoms with Crippen LogP contribution in [0.4, 0.5) is 4.39 Å². The molecule has 0 aliphatic carbocycles. The van der Waals surface area contributed by atoms with Crippen molar-refractivity contribution in [3.63, 3.8) is 0 Å². The van der Waals surface area contributed by atoms with Gasteiger partial charge in [0.05, 0.1) is 19.0 Å². The predicted molar refractivity (Wildman–Crippen MR) is 95.4 cm³/mol. The number of hydrogen-bond acceptors (Lipinski definition) is 4. The number of hydrogen-bond donors (Lipinski definition) is 0. The molecule has 25 heavy (non-hydrogen) atoms. The summed E-state index contributed by atoms with van der Waals surface area (Å²) >= 11 is 0. The zero-order valence-electron chi connectivity index (χ0n) is 14.6. The molecular weight excluding hydrogens is 343 g/mol. The second-order valence-corrected chi connectivity index (χ2v) is 9.00. The summed E-state index contributed by atoms with van der Waals surface area (Å²) in [5, 5.41) is 0. The third kappa shape index (κ3) is 5.23. The maximum absolute atomic E-state index is 13.7. The Morgan fingerprint density at radius 2 is 1.76 bits per heavy atom. The van der Waals surface area contributed by atoms with Crippen molar-refractivity contribution in [3.05, 3.63) is 35.6 Å². The van der Waals surface area contributed by atoms with E-state index in [2.05, 4.69) is 4.90 Å². The summed E-state index contributed by atoms with van der Waals surface area (Å²) in [6.07, 6.45) is 2.02. The molecule has 0 saturated carbocycles. The Labute approximate surface area is 149 Å². The van der Waals surface area contributed by atoms with Crippen LogP contribution in [0, 0.1) is 11.7 Å². The van der Waals surface area contributed by atoms with Crippen molar-refractivity contribution in [1.29, 1.82) is 0 Å². The third-order valence-corrected chi connectivity index (χ3v) is 7.05. The van der Waals surface area contributed by atoms with Gasteiger partial charge in [-0.2, -0.15) is 0 Å². The highest BCUT2D eigenvalue weighted by Gasteiger charge is 2.29. The summed E-state index contributed by atoms with van der Waals surface area (Å²) in [7, 11) is -3.32. The lowest BCUT2D eigenvalue weighted by Crippen LogP contribution is -2.44. The van der Waals surface area contributed by atoms with Crippen LogP contribution in [0.1, 0.15) is 18.4 Å². The van der Waals surface area contributed by atoms with E-state index in [1.807, 2.05) is 0 Å². The van der Waals surface area contributed by atoms with Gasteiger partial charge in [0.25, 0.3) is 0 Å². The molecule has 5 nitrogen and oxygen atoms in total. The number of rotatable bonds is 6. The Kier molecular flexibility index (Phi) is 6.44. The highest BCUT2D eigenvalue weighted by Crippen LogP contribution is 2.22. The molecule has 0 amide bonds. The van der Waals surface area contributed by atoms with Crippen LogP contribution in [0.5, 0.6) is 0 Å².